The number of aryl methyl sites for hydroxylation is 1. The molecule has 2 aromatic carbocycles. The van der Waals surface area contributed by atoms with Crippen molar-refractivity contribution in [1.29, 1.82) is 0 Å². The zero-order valence-corrected chi connectivity index (χ0v) is 16.1. The zero-order valence-electron chi connectivity index (χ0n) is 16.1. The fraction of sp³-hybridized carbons (Fsp3) is 0.0435. The highest BCUT2D eigenvalue weighted by atomic mass is 16.5. The first-order chi connectivity index (χ1) is 14.5. The summed E-state index contributed by atoms with van der Waals surface area (Å²) in [6.07, 6.45) is 3.27. The van der Waals surface area contributed by atoms with Crippen LogP contribution in [0.5, 0.6) is 0 Å². The van der Waals surface area contributed by atoms with Crippen LogP contribution >= 0.6 is 0 Å². The van der Waals surface area contributed by atoms with Gasteiger partial charge in [-0.1, -0.05) is 41.1 Å². The van der Waals surface area contributed by atoms with Crippen molar-refractivity contribution >= 4 is 17.7 Å². The Hall–Kier alpha value is -4.26. The minimum Gasteiger partial charge on any atom is -0.366 e. The first-order valence-electron chi connectivity index (χ1n) is 9.22. The Balaban J connectivity index is 1.85. The van der Waals surface area contributed by atoms with Crippen LogP contribution in [0.2, 0.25) is 0 Å². The Morgan fingerprint density at radius 3 is 2.60 bits per heavy atom. The van der Waals surface area contributed by atoms with Gasteiger partial charge >= 0.3 is 0 Å². The number of nitrogens with one attached hydrogen (secondary N) is 1. The van der Waals surface area contributed by atoms with Crippen LogP contribution in [0.1, 0.15) is 26.3 Å². The number of aromatic nitrogens is 2. The lowest BCUT2D eigenvalue weighted by Gasteiger charge is -2.09. The number of amides is 2. The third-order valence-electron chi connectivity index (χ3n) is 4.60. The smallest absolute Gasteiger partial charge is 0.258 e. The number of carbonyl (C=O) groups excluding carboxylic acids is 2. The van der Waals surface area contributed by atoms with Gasteiger partial charge in [-0.05, 0) is 37.3 Å². The molecule has 0 fully saturated rings. The summed E-state index contributed by atoms with van der Waals surface area (Å²) < 4.78 is 5.50. The van der Waals surface area contributed by atoms with Crippen molar-refractivity contribution in [3.05, 3.63) is 89.7 Å². The summed E-state index contributed by atoms with van der Waals surface area (Å²) in [6.45, 7) is 1.90. The van der Waals surface area contributed by atoms with E-state index in [1.807, 2.05) is 19.1 Å². The molecule has 2 heterocycles. The van der Waals surface area contributed by atoms with E-state index in [1.54, 1.807) is 60.9 Å². The van der Waals surface area contributed by atoms with E-state index >= 15 is 0 Å². The Bertz CT molecular complexity index is 1230. The summed E-state index contributed by atoms with van der Waals surface area (Å²) >= 11 is 0. The second kappa shape index (κ2) is 8.00. The lowest BCUT2D eigenvalue weighted by atomic mass is 9.96. The number of benzene rings is 2. The van der Waals surface area contributed by atoms with Crippen molar-refractivity contribution in [1.82, 2.24) is 10.1 Å². The maximum absolute atomic E-state index is 12.8. The number of carbonyl (C=O) groups is 2. The van der Waals surface area contributed by atoms with Crippen LogP contribution in [0.4, 0.5) is 5.88 Å². The van der Waals surface area contributed by atoms with Crippen LogP contribution in [0.3, 0.4) is 0 Å². The van der Waals surface area contributed by atoms with E-state index in [9.17, 15) is 9.59 Å². The highest BCUT2D eigenvalue weighted by molar-refractivity contribution is 6.08. The molecule has 0 aliphatic carbocycles. The van der Waals surface area contributed by atoms with Gasteiger partial charge in [0.25, 0.3) is 5.91 Å². The normalized spacial score (nSPS) is 10.6. The molecule has 0 radical (unpaired) electrons. The van der Waals surface area contributed by atoms with Gasteiger partial charge in [-0.2, -0.15) is 0 Å². The molecule has 2 amide bonds. The molecular formula is C23H18N4O3. The monoisotopic (exact) mass is 398 g/mol. The molecule has 2 aromatic heterocycles. The predicted molar refractivity (Wildman–Crippen MR) is 113 cm³/mol. The number of anilines is 1. The van der Waals surface area contributed by atoms with Crippen molar-refractivity contribution in [3.8, 4) is 22.4 Å². The molecule has 30 heavy (non-hydrogen) atoms. The molecule has 7 heteroatoms. The van der Waals surface area contributed by atoms with Crippen molar-refractivity contribution in [2.45, 2.75) is 6.92 Å². The first kappa shape index (κ1) is 19.1. The van der Waals surface area contributed by atoms with Crippen LogP contribution in [0.15, 0.2) is 77.6 Å². The topological polar surface area (TPSA) is 111 Å². The van der Waals surface area contributed by atoms with Gasteiger partial charge in [0, 0.05) is 34.6 Å². The summed E-state index contributed by atoms with van der Waals surface area (Å²) in [6, 6.07) is 17.6. The lowest BCUT2D eigenvalue weighted by Crippen LogP contribution is -2.14. The van der Waals surface area contributed by atoms with Gasteiger partial charge in [-0.15, -0.1) is 0 Å². The van der Waals surface area contributed by atoms with Crippen molar-refractivity contribution < 1.29 is 14.1 Å². The molecule has 4 rings (SSSR count). The molecule has 0 bridgehead atoms. The van der Waals surface area contributed by atoms with E-state index in [2.05, 4.69) is 15.5 Å². The van der Waals surface area contributed by atoms with Crippen LogP contribution in [-0.4, -0.2) is 22.0 Å². The van der Waals surface area contributed by atoms with Gasteiger partial charge in [0.1, 0.15) is 5.69 Å². The van der Waals surface area contributed by atoms with E-state index < -0.39 is 5.91 Å². The van der Waals surface area contributed by atoms with Crippen molar-refractivity contribution in [2.24, 2.45) is 5.73 Å². The van der Waals surface area contributed by atoms with Gasteiger partial charge in [0.2, 0.25) is 11.8 Å². The van der Waals surface area contributed by atoms with Crippen LogP contribution in [-0.2, 0) is 0 Å². The van der Waals surface area contributed by atoms with Crippen molar-refractivity contribution in [2.75, 3.05) is 5.32 Å². The zero-order chi connectivity index (χ0) is 21.1. The molecule has 4 aromatic rings. The van der Waals surface area contributed by atoms with Gasteiger partial charge in [-0.25, -0.2) is 0 Å². The fourth-order valence-corrected chi connectivity index (χ4v) is 3.20. The molecule has 0 saturated heterocycles. The summed E-state index contributed by atoms with van der Waals surface area (Å²) in [4.78, 5) is 29.0. The summed E-state index contributed by atoms with van der Waals surface area (Å²) in [5, 5.41) is 6.91. The Kier molecular flexibility index (Phi) is 5.09. The number of hydrogen-bond donors (Lipinski definition) is 2. The molecule has 0 aliphatic heterocycles. The lowest BCUT2D eigenvalue weighted by molar-refractivity contribution is 0.0998. The van der Waals surface area contributed by atoms with Crippen LogP contribution < -0.4 is 11.1 Å². The second-order valence-corrected chi connectivity index (χ2v) is 6.71. The first-order valence-corrected chi connectivity index (χ1v) is 9.22. The van der Waals surface area contributed by atoms with Gasteiger partial charge in [-0.3, -0.25) is 19.9 Å². The maximum Gasteiger partial charge on any atom is 0.258 e. The molecule has 0 aliphatic rings. The average Bonchev–Trinajstić information content (AvgIpc) is 3.17. The van der Waals surface area contributed by atoms with E-state index in [1.165, 1.54) is 0 Å². The molecular weight excluding hydrogens is 380 g/mol. The molecule has 0 unspecified atom stereocenters. The van der Waals surface area contributed by atoms with Crippen LogP contribution in [0, 0.1) is 6.92 Å². The highest BCUT2D eigenvalue weighted by Gasteiger charge is 2.24. The van der Waals surface area contributed by atoms with Gasteiger partial charge in [0.05, 0.1) is 5.56 Å². The molecule has 0 saturated carbocycles. The Morgan fingerprint density at radius 2 is 1.87 bits per heavy atom. The minimum atomic E-state index is -0.597. The molecule has 7 nitrogen and oxygen atoms in total. The number of hydrogen-bond acceptors (Lipinski definition) is 5. The predicted octanol–water partition coefficient (Wildman–Crippen LogP) is 4.06. The summed E-state index contributed by atoms with van der Waals surface area (Å²) in [7, 11) is 0. The van der Waals surface area contributed by atoms with E-state index in [0.717, 1.165) is 5.56 Å². The highest BCUT2D eigenvalue weighted by Crippen LogP contribution is 2.39. The molecule has 0 spiro atoms. The maximum atomic E-state index is 12.8. The largest absolute Gasteiger partial charge is 0.366 e. The van der Waals surface area contributed by atoms with Gasteiger partial charge < -0.3 is 10.3 Å². The molecule has 0 atom stereocenters. The van der Waals surface area contributed by atoms with E-state index in [0.29, 0.717) is 27.9 Å². The summed E-state index contributed by atoms with van der Waals surface area (Å²) in [5.41, 5.74) is 9.37. The minimum absolute atomic E-state index is 0.119. The Labute approximate surface area is 172 Å². The van der Waals surface area contributed by atoms with E-state index in [4.69, 9.17) is 10.3 Å². The van der Waals surface area contributed by atoms with Crippen LogP contribution in [0.25, 0.3) is 22.4 Å². The average molecular weight is 398 g/mol. The number of primary amides is 1. The number of nitrogens with zero attached hydrogens (tertiary/aromatic N) is 2. The van der Waals surface area contributed by atoms with E-state index in [-0.39, 0.29) is 17.4 Å². The third-order valence-corrected chi connectivity index (χ3v) is 4.60. The quantitative estimate of drug-likeness (QED) is 0.526. The standard InChI is InChI=1S/C23H18N4O3/c1-14-6-4-7-15(12-14)22(29)26-23-19(17-9-2-3-10-18(17)21(24)28)20(27-30-23)16-8-5-11-25-13-16/h2-13H,1H3,(H2,24,28)(H,26,29). The Morgan fingerprint density at radius 1 is 1.03 bits per heavy atom. The van der Waals surface area contributed by atoms with Gasteiger partial charge in [0.15, 0.2) is 0 Å². The number of nitrogens with two attached hydrogens (primary N) is 1. The summed E-state index contributed by atoms with van der Waals surface area (Å²) in [5.74, 6) is -0.834. The van der Waals surface area contributed by atoms with Crippen molar-refractivity contribution in [3.63, 3.8) is 0 Å². The number of pyridine rings is 1. The fourth-order valence-electron chi connectivity index (χ4n) is 3.20. The third kappa shape index (κ3) is 3.68. The molecule has 148 valence electrons. The second-order valence-electron chi connectivity index (χ2n) is 6.71. The SMILES string of the molecule is Cc1cccc(C(=O)Nc2onc(-c3cccnc3)c2-c2ccccc2C(N)=O)c1. The molecule has 3 N–H and O–H groups in total. The number of rotatable bonds is 5.